The summed E-state index contributed by atoms with van der Waals surface area (Å²) >= 11 is 0. The number of carbonyl (C=O) groups excluding carboxylic acids is 1. The van der Waals surface area contributed by atoms with E-state index in [0.29, 0.717) is 6.54 Å². The highest BCUT2D eigenvalue weighted by Crippen LogP contribution is 2.18. The van der Waals surface area contributed by atoms with Crippen LogP contribution in [0.15, 0.2) is 30.6 Å². The Kier molecular flexibility index (Phi) is 5.25. The fourth-order valence-corrected chi connectivity index (χ4v) is 3.24. The van der Waals surface area contributed by atoms with Gasteiger partial charge in [0, 0.05) is 19.6 Å². The molecule has 24 heavy (non-hydrogen) atoms. The molecule has 6 nitrogen and oxygen atoms in total. The summed E-state index contributed by atoms with van der Waals surface area (Å²) in [5.74, 6) is 0.849. The van der Waals surface area contributed by atoms with Crippen LogP contribution in [-0.2, 0) is 24.3 Å². The minimum Gasteiger partial charge on any atom is -0.345 e. The van der Waals surface area contributed by atoms with E-state index in [2.05, 4.69) is 51.5 Å². The zero-order valence-electron chi connectivity index (χ0n) is 14.4. The SMILES string of the molecule is CCCn1ncnc1[C@H](C)NC(=O)CN1CCc2ccccc2C1. The van der Waals surface area contributed by atoms with Gasteiger partial charge in [0.15, 0.2) is 0 Å². The first-order valence-electron chi connectivity index (χ1n) is 8.63. The lowest BCUT2D eigenvalue weighted by atomic mass is 10.00. The van der Waals surface area contributed by atoms with Crippen molar-refractivity contribution in [1.82, 2.24) is 25.0 Å². The Balaban J connectivity index is 1.55. The molecule has 6 heteroatoms. The van der Waals surface area contributed by atoms with Crippen LogP contribution < -0.4 is 5.32 Å². The van der Waals surface area contributed by atoms with Gasteiger partial charge in [0.2, 0.25) is 5.91 Å². The molecular formula is C18H25N5O. The third kappa shape index (κ3) is 3.82. The second kappa shape index (κ2) is 7.57. The minimum atomic E-state index is -0.136. The van der Waals surface area contributed by atoms with Crippen LogP contribution in [0.1, 0.15) is 43.3 Å². The molecule has 2 aromatic rings. The van der Waals surface area contributed by atoms with Crippen LogP contribution >= 0.6 is 0 Å². The number of nitrogens with zero attached hydrogens (tertiary/aromatic N) is 4. The number of nitrogens with one attached hydrogen (secondary N) is 1. The van der Waals surface area contributed by atoms with Gasteiger partial charge in [-0.3, -0.25) is 9.69 Å². The van der Waals surface area contributed by atoms with Crippen molar-refractivity contribution < 1.29 is 4.79 Å². The molecule has 1 atom stereocenters. The number of amides is 1. The summed E-state index contributed by atoms with van der Waals surface area (Å²) in [6.07, 6.45) is 3.54. The van der Waals surface area contributed by atoms with Crippen LogP contribution in [0.2, 0.25) is 0 Å². The molecule has 128 valence electrons. The lowest BCUT2D eigenvalue weighted by molar-refractivity contribution is -0.123. The Morgan fingerprint density at radius 1 is 1.33 bits per heavy atom. The summed E-state index contributed by atoms with van der Waals surface area (Å²) in [6.45, 7) is 7.05. The van der Waals surface area contributed by atoms with Crippen LogP contribution in [0.25, 0.3) is 0 Å². The van der Waals surface area contributed by atoms with Crippen molar-refractivity contribution in [1.29, 1.82) is 0 Å². The zero-order chi connectivity index (χ0) is 16.9. The van der Waals surface area contributed by atoms with Crippen molar-refractivity contribution in [2.45, 2.75) is 45.8 Å². The third-order valence-electron chi connectivity index (χ3n) is 4.42. The van der Waals surface area contributed by atoms with E-state index in [1.165, 1.54) is 11.1 Å². The molecule has 1 aliphatic heterocycles. The van der Waals surface area contributed by atoms with Gasteiger partial charge in [0.1, 0.15) is 12.2 Å². The van der Waals surface area contributed by atoms with Crippen LogP contribution in [0.5, 0.6) is 0 Å². The van der Waals surface area contributed by atoms with E-state index in [1.54, 1.807) is 6.33 Å². The third-order valence-corrected chi connectivity index (χ3v) is 4.42. The molecule has 0 saturated carbocycles. The number of carbonyl (C=O) groups is 1. The molecule has 0 spiro atoms. The molecule has 0 saturated heterocycles. The van der Waals surface area contributed by atoms with E-state index in [-0.39, 0.29) is 11.9 Å². The second-order valence-corrected chi connectivity index (χ2v) is 6.36. The van der Waals surface area contributed by atoms with E-state index in [4.69, 9.17) is 0 Å². The molecule has 1 aromatic carbocycles. The van der Waals surface area contributed by atoms with Gasteiger partial charge >= 0.3 is 0 Å². The molecule has 1 aromatic heterocycles. The van der Waals surface area contributed by atoms with Crippen LogP contribution in [0.4, 0.5) is 0 Å². The van der Waals surface area contributed by atoms with Crippen molar-refractivity contribution >= 4 is 5.91 Å². The maximum Gasteiger partial charge on any atom is 0.234 e. The molecule has 1 N–H and O–H groups in total. The number of hydrogen-bond donors (Lipinski definition) is 1. The maximum atomic E-state index is 12.4. The fourth-order valence-electron chi connectivity index (χ4n) is 3.24. The highest BCUT2D eigenvalue weighted by molar-refractivity contribution is 5.78. The van der Waals surface area contributed by atoms with Gasteiger partial charge < -0.3 is 5.32 Å². The lowest BCUT2D eigenvalue weighted by Crippen LogP contribution is -2.41. The largest absolute Gasteiger partial charge is 0.345 e. The van der Waals surface area contributed by atoms with Gasteiger partial charge in [-0.2, -0.15) is 5.10 Å². The Hall–Kier alpha value is -2.21. The Morgan fingerprint density at radius 3 is 2.92 bits per heavy atom. The van der Waals surface area contributed by atoms with Gasteiger partial charge in [0.05, 0.1) is 12.6 Å². The van der Waals surface area contributed by atoms with Crippen LogP contribution in [0.3, 0.4) is 0 Å². The summed E-state index contributed by atoms with van der Waals surface area (Å²) < 4.78 is 1.86. The molecule has 1 amide bonds. The first-order valence-corrected chi connectivity index (χ1v) is 8.63. The summed E-state index contributed by atoms with van der Waals surface area (Å²) in [5, 5.41) is 7.27. The predicted molar refractivity (Wildman–Crippen MR) is 92.3 cm³/mol. The number of rotatable bonds is 6. The lowest BCUT2D eigenvalue weighted by Gasteiger charge is -2.28. The Labute approximate surface area is 142 Å². The number of hydrogen-bond acceptors (Lipinski definition) is 4. The molecule has 0 bridgehead atoms. The molecule has 0 radical (unpaired) electrons. The van der Waals surface area contributed by atoms with E-state index in [0.717, 1.165) is 38.3 Å². The second-order valence-electron chi connectivity index (χ2n) is 6.36. The van der Waals surface area contributed by atoms with Crippen molar-refractivity contribution in [3.8, 4) is 0 Å². The normalized spacial score (nSPS) is 15.8. The summed E-state index contributed by atoms with van der Waals surface area (Å²) in [5.41, 5.74) is 2.72. The van der Waals surface area contributed by atoms with Crippen molar-refractivity contribution in [3.05, 3.63) is 47.5 Å². The van der Waals surface area contributed by atoms with E-state index >= 15 is 0 Å². The van der Waals surface area contributed by atoms with Crippen LogP contribution in [-0.4, -0.2) is 38.7 Å². The van der Waals surface area contributed by atoms with Gasteiger partial charge in [-0.15, -0.1) is 0 Å². The topological polar surface area (TPSA) is 63.1 Å². The van der Waals surface area contributed by atoms with Crippen molar-refractivity contribution in [2.24, 2.45) is 0 Å². The smallest absolute Gasteiger partial charge is 0.234 e. The van der Waals surface area contributed by atoms with Crippen molar-refractivity contribution in [3.63, 3.8) is 0 Å². The molecule has 0 aliphatic carbocycles. The molecule has 1 aliphatic rings. The summed E-state index contributed by atoms with van der Waals surface area (Å²) in [4.78, 5) is 18.9. The number of benzene rings is 1. The first-order chi connectivity index (χ1) is 11.7. The Bertz CT molecular complexity index is 696. The Morgan fingerprint density at radius 2 is 2.12 bits per heavy atom. The number of aryl methyl sites for hydroxylation is 1. The van der Waals surface area contributed by atoms with Gasteiger partial charge in [-0.1, -0.05) is 31.2 Å². The minimum absolute atomic E-state index is 0.0351. The maximum absolute atomic E-state index is 12.4. The molecular weight excluding hydrogens is 302 g/mol. The highest BCUT2D eigenvalue weighted by Gasteiger charge is 2.20. The van der Waals surface area contributed by atoms with E-state index in [9.17, 15) is 4.79 Å². The van der Waals surface area contributed by atoms with E-state index < -0.39 is 0 Å². The summed E-state index contributed by atoms with van der Waals surface area (Å²) in [6, 6.07) is 8.33. The van der Waals surface area contributed by atoms with Crippen molar-refractivity contribution in [2.75, 3.05) is 13.1 Å². The highest BCUT2D eigenvalue weighted by atomic mass is 16.2. The monoisotopic (exact) mass is 327 g/mol. The van der Waals surface area contributed by atoms with Gasteiger partial charge in [-0.25, -0.2) is 9.67 Å². The zero-order valence-corrected chi connectivity index (χ0v) is 14.4. The van der Waals surface area contributed by atoms with E-state index in [1.807, 2.05) is 11.6 Å². The van der Waals surface area contributed by atoms with Gasteiger partial charge in [-0.05, 0) is 30.9 Å². The van der Waals surface area contributed by atoms with Gasteiger partial charge in [0.25, 0.3) is 0 Å². The summed E-state index contributed by atoms with van der Waals surface area (Å²) in [7, 11) is 0. The molecule has 3 rings (SSSR count). The average Bonchev–Trinajstić information content (AvgIpc) is 3.03. The molecule has 2 heterocycles. The number of fused-ring (bicyclic) bond motifs is 1. The quantitative estimate of drug-likeness (QED) is 0.880. The van der Waals surface area contributed by atoms with Crippen LogP contribution in [0, 0.1) is 0 Å². The standard InChI is InChI=1S/C18H25N5O/c1-3-9-23-18(19-13-20-23)14(2)21-17(24)12-22-10-8-15-6-4-5-7-16(15)11-22/h4-7,13-14H,3,8-12H2,1-2H3,(H,21,24)/t14-/m0/s1. The molecule has 0 fully saturated rings. The number of aromatic nitrogens is 3. The first kappa shape index (κ1) is 16.6. The molecule has 0 unspecified atom stereocenters. The predicted octanol–water partition coefficient (Wildman–Crippen LogP) is 1.92. The average molecular weight is 327 g/mol. The fraction of sp³-hybridized carbons (Fsp3) is 0.500.